The minimum absolute atomic E-state index is 0.0664. The Morgan fingerprint density at radius 1 is 1.07 bits per heavy atom. The lowest BCUT2D eigenvalue weighted by Crippen LogP contribution is -3.15. The molecule has 0 saturated carbocycles. The van der Waals surface area contributed by atoms with Gasteiger partial charge >= 0.3 is 6.03 Å². The molecule has 0 spiro atoms. The van der Waals surface area contributed by atoms with E-state index in [1.165, 1.54) is 10.5 Å². The fourth-order valence-corrected chi connectivity index (χ4v) is 3.81. The van der Waals surface area contributed by atoms with Crippen LogP contribution in [0.3, 0.4) is 0 Å². The number of anilines is 1. The highest BCUT2D eigenvalue weighted by Gasteiger charge is 2.32. The maximum atomic E-state index is 12.5. The van der Waals surface area contributed by atoms with Crippen LogP contribution in [-0.2, 0) is 4.74 Å². The lowest BCUT2D eigenvalue weighted by molar-refractivity contribution is -0.940. The zero-order chi connectivity index (χ0) is 19.2. The van der Waals surface area contributed by atoms with Crippen LogP contribution in [0.5, 0.6) is 0 Å². The first kappa shape index (κ1) is 20.0. The molecule has 2 atom stereocenters. The van der Waals surface area contributed by atoms with Crippen LogP contribution in [0.2, 0.25) is 10.0 Å². The maximum Gasteiger partial charge on any atom is 0.319 e. The van der Waals surface area contributed by atoms with Crippen LogP contribution in [0, 0.1) is 0 Å². The van der Waals surface area contributed by atoms with Crippen LogP contribution in [0.15, 0.2) is 48.5 Å². The quantitative estimate of drug-likeness (QED) is 0.711. The van der Waals surface area contributed by atoms with Crippen molar-refractivity contribution in [3.63, 3.8) is 0 Å². The standard InChI is InChI=1S/C20H23Cl2N3O2/c1-14(23-20(26)24-16-7-8-17(21)18(22)13-16)19(15-5-3-2-4-6-15)25-9-11-27-12-10-25/h2-8,13-14,19H,9-12H2,1H3,(H2,23,24,26)/p+1/t14-,19+/m0/s1. The summed E-state index contributed by atoms with van der Waals surface area (Å²) in [6.07, 6.45) is 0. The van der Waals surface area contributed by atoms with Crippen LogP contribution in [0.4, 0.5) is 10.5 Å². The van der Waals surface area contributed by atoms with E-state index < -0.39 is 0 Å². The zero-order valence-electron chi connectivity index (χ0n) is 15.2. The molecule has 3 rings (SSSR count). The monoisotopic (exact) mass is 408 g/mol. The highest BCUT2D eigenvalue weighted by Crippen LogP contribution is 2.25. The van der Waals surface area contributed by atoms with Crippen molar-refractivity contribution in [3.05, 3.63) is 64.1 Å². The molecule has 0 aromatic heterocycles. The summed E-state index contributed by atoms with van der Waals surface area (Å²) in [5, 5.41) is 6.75. The first-order valence-electron chi connectivity index (χ1n) is 9.04. The molecule has 2 aromatic rings. The summed E-state index contributed by atoms with van der Waals surface area (Å²) in [4.78, 5) is 13.9. The van der Waals surface area contributed by atoms with E-state index in [9.17, 15) is 4.79 Å². The van der Waals surface area contributed by atoms with E-state index in [0.717, 1.165) is 26.3 Å². The van der Waals surface area contributed by atoms with Gasteiger partial charge in [0.25, 0.3) is 0 Å². The Kier molecular flexibility index (Phi) is 6.96. The number of hydrogen-bond donors (Lipinski definition) is 3. The van der Waals surface area contributed by atoms with Crippen LogP contribution >= 0.6 is 23.2 Å². The van der Waals surface area contributed by atoms with E-state index >= 15 is 0 Å². The van der Waals surface area contributed by atoms with Gasteiger partial charge in [-0.15, -0.1) is 0 Å². The number of benzene rings is 2. The smallest absolute Gasteiger partial charge is 0.319 e. The minimum atomic E-state index is -0.269. The summed E-state index contributed by atoms with van der Waals surface area (Å²) in [5.74, 6) is 0. The number of amides is 2. The normalized spacial score (nSPS) is 17.1. The van der Waals surface area contributed by atoms with E-state index in [2.05, 4.69) is 22.8 Å². The highest BCUT2D eigenvalue weighted by molar-refractivity contribution is 6.42. The second kappa shape index (κ2) is 9.42. The Labute approximate surface area is 169 Å². The second-order valence-corrected chi connectivity index (χ2v) is 7.49. The Balaban J connectivity index is 1.70. The van der Waals surface area contributed by atoms with Gasteiger partial charge in [0.1, 0.15) is 19.1 Å². The van der Waals surface area contributed by atoms with Gasteiger partial charge in [0.2, 0.25) is 0 Å². The SMILES string of the molecule is C[C@H](NC(=O)Nc1ccc(Cl)c(Cl)c1)[C@H](c1ccccc1)[NH+]1CCOCC1. The van der Waals surface area contributed by atoms with E-state index in [1.54, 1.807) is 18.2 Å². The number of hydrogen-bond acceptors (Lipinski definition) is 2. The van der Waals surface area contributed by atoms with Gasteiger partial charge in [-0.1, -0.05) is 53.5 Å². The van der Waals surface area contributed by atoms with Crippen molar-refractivity contribution in [2.75, 3.05) is 31.6 Å². The number of carbonyl (C=O) groups excluding carboxylic acids is 1. The molecule has 7 heteroatoms. The molecule has 0 bridgehead atoms. The third-order valence-electron chi connectivity index (χ3n) is 4.77. The number of urea groups is 1. The molecule has 1 fully saturated rings. The van der Waals surface area contributed by atoms with Gasteiger partial charge in [-0.05, 0) is 25.1 Å². The number of carbonyl (C=O) groups is 1. The molecule has 2 amide bonds. The van der Waals surface area contributed by atoms with Crippen LogP contribution in [-0.4, -0.2) is 38.4 Å². The number of nitrogens with one attached hydrogen (secondary N) is 3. The van der Waals surface area contributed by atoms with Gasteiger partial charge in [-0.25, -0.2) is 4.79 Å². The van der Waals surface area contributed by atoms with Crippen molar-refractivity contribution in [2.45, 2.75) is 19.0 Å². The molecule has 144 valence electrons. The van der Waals surface area contributed by atoms with Crippen molar-refractivity contribution in [1.29, 1.82) is 0 Å². The third-order valence-corrected chi connectivity index (χ3v) is 5.51. The topological polar surface area (TPSA) is 54.8 Å². The van der Waals surface area contributed by atoms with Gasteiger partial charge in [0.15, 0.2) is 0 Å². The average Bonchev–Trinajstić information content (AvgIpc) is 2.66. The number of ether oxygens (including phenoxy) is 1. The molecule has 1 aliphatic rings. The lowest BCUT2D eigenvalue weighted by atomic mass is 9.98. The van der Waals surface area contributed by atoms with Gasteiger partial charge in [0, 0.05) is 11.3 Å². The van der Waals surface area contributed by atoms with Crippen molar-refractivity contribution in [2.24, 2.45) is 0 Å². The Morgan fingerprint density at radius 2 is 1.78 bits per heavy atom. The summed E-state index contributed by atoms with van der Waals surface area (Å²) >= 11 is 11.9. The zero-order valence-corrected chi connectivity index (χ0v) is 16.7. The summed E-state index contributed by atoms with van der Waals surface area (Å²) in [7, 11) is 0. The number of rotatable bonds is 5. The fraction of sp³-hybridized carbons (Fsp3) is 0.350. The lowest BCUT2D eigenvalue weighted by Gasteiger charge is -2.35. The van der Waals surface area contributed by atoms with Crippen molar-refractivity contribution in [1.82, 2.24) is 5.32 Å². The first-order valence-corrected chi connectivity index (χ1v) is 9.80. The molecule has 3 N–H and O–H groups in total. The fourth-order valence-electron chi connectivity index (χ4n) is 3.51. The Morgan fingerprint density at radius 3 is 2.44 bits per heavy atom. The van der Waals surface area contributed by atoms with Crippen molar-refractivity contribution < 1.29 is 14.4 Å². The number of morpholine rings is 1. The van der Waals surface area contributed by atoms with E-state index in [-0.39, 0.29) is 18.1 Å². The minimum Gasteiger partial charge on any atom is -0.370 e. The molecule has 5 nitrogen and oxygen atoms in total. The largest absolute Gasteiger partial charge is 0.370 e. The van der Waals surface area contributed by atoms with Crippen molar-refractivity contribution in [3.8, 4) is 0 Å². The van der Waals surface area contributed by atoms with Gasteiger partial charge < -0.3 is 20.3 Å². The molecule has 27 heavy (non-hydrogen) atoms. The second-order valence-electron chi connectivity index (χ2n) is 6.68. The highest BCUT2D eigenvalue weighted by atomic mass is 35.5. The van der Waals surface area contributed by atoms with Crippen LogP contribution in [0.25, 0.3) is 0 Å². The summed E-state index contributed by atoms with van der Waals surface area (Å²) in [5.41, 5.74) is 1.81. The predicted octanol–water partition coefficient (Wildman–Crippen LogP) is 3.16. The van der Waals surface area contributed by atoms with Crippen molar-refractivity contribution >= 4 is 34.9 Å². The summed E-state index contributed by atoms with van der Waals surface area (Å²) in [6.45, 7) is 5.34. The summed E-state index contributed by atoms with van der Waals surface area (Å²) < 4.78 is 5.50. The van der Waals surface area contributed by atoms with E-state index in [0.29, 0.717) is 15.7 Å². The summed E-state index contributed by atoms with van der Waals surface area (Å²) in [6, 6.07) is 15.1. The molecule has 1 saturated heterocycles. The molecule has 1 aliphatic heterocycles. The molecular formula is C20H24Cl2N3O2+. The van der Waals surface area contributed by atoms with E-state index in [4.69, 9.17) is 27.9 Å². The maximum absolute atomic E-state index is 12.5. The van der Waals surface area contributed by atoms with Crippen LogP contribution < -0.4 is 15.5 Å². The third kappa shape index (κ3) is 5.36. The average molecular weight is 409 g/mol. The van der Waals surface area contributed by atoms with Gasteiger partial charge in [0.05, 0.1) is 29.3 Å². The molecule has 2 aromatic carbocycles. The Hall–Kier alpha value is -1.79. The van der Waals surface area contributed by atoms with Gasteiger partial charge in [-0.3, -0.25) is 0 Å². The first-order chi connectivity index (χ1) is 13.0. The molecular weight excluding hydrogens is 385 g/mol. The van der Waals surface area contributed by atoms with E-state index in [1.807, 2.05) is 25.1 Å². The number of halogens is 2. The molecule has 0 unspecified atom stereocenters. The molecule has 0 aliphatic carbocycles. The van der Waals surface area contributed by atoms with Crippen LogP contribution in [0.1, 0.15) is 18.5 Å². The number of quaternary nitrogens is 1. The van der Waals surface area contributed by atoms with Gasteiger partial charge in [-0.2, -0.15) is 0 Å². The molecule has 0 radical (unpaired) electrons. The molecule has 1 heterocycles. The predicted molar refractivity (Wildman–Crippen MR) is 109 cm³/mol. The Bertz CT molecular complexity index is 767.